The van der Waals surface area contributed by atoms with Crippen molar-refractivity contribution in [2.24, 2.45) is 11.8 Å². The Bertz CT molecular complexity index is 739. The van der Waals surface area contributed by atoms with E-state index in [0.29, 0.717) is 18.3 Å². The maximum atomic E-state index is 11.8. The second kappa shape index (κ2) is 9.51. The average Bonchev–Trinajstić information content (AvgIpc) is 3.10. The third-order valence-electron chi connectivity index (χ3n) is 4.80. The van der Waals surface area contributed by atoms with Gasteiger partial charge in [-0.1, -0.05) is 37.6 Å². The van der Waals surface area contributed by atoms with Crippen LogP contribution in [-0.2, 0) is 11.2 Å². The first-order valence-corrected chi connectivity index (χ1v) is 10.7. The van der Waals surface area contributed by atoms with Crippen molar-refractivity contribution >= 4 is 34.2 Å². The minimum Gasteiger partial charge on any atom is -0.356 e. The van der Waals surface area contributed by atoms with E-state index in [2.05, 4.69) is 28.4 Å². The summed E-state index contributed by atoms with van der Waals surface area (Å²) in [4.78, 5) is 18.8. The van der Waals surface area contributed by atoms with Crippen LogP contribution in [0.25, 0.3) is 0 Å². The Balaban J connectivity index is 1.45. The highest BCUT2D eigenvalue weighted by Crippen LogP contribution is 2.25. The molecule has 0 spiro atoms. The monoisotopic (exact) mass is 406 g/mol. The number of amides is 1. The van der Waals surface area contributed by atoms with Crippen LogP contribution in [-0.4, -0.2) is 34.9 Å². The smallest absolute Gasteiger partial charge is 0.220 e. The lowest BCUT2D eigenvalue weighted by Crippen LogP contribution is -2.38. The fourth-order valence-electron chi connectivity index (χ4n) is 3.26. The van der Waals surface area contributed by atoms with Crippen molar-refractivity contribution in [1.82, 2.24) is 14.7 Å². The van der Waals surface area contributed by atoms with E-state index in [1.54, 1.807) is 0 Å². The second-order valence-electron chi connectivity index (χ2n) is 7.63. The van der Waals surface area contributed by atoms with Gasteiger partial charge in [-0.2, -0.15) is 4.37 Å². The minimum atomic E-state index is 0.170. The summed E-state index contributed by atoms with van der Waals surface area (Å²) >= 11 is 7.41. The molecule has 5 nitrogen and oxygen atoms in total. The molecule has 0 aliphatic carbocycles. The lowest BCUT2D eigenvalue weighted by Gasteiger charge is -2.31. The van der Waals surface area contributed by atoms with Gasteiger partial charge in [-0.3, -0.25) is 4.79 Å². The predicted octanol–water partition coefficient (Wildman–Crippen LogP) is 4.16. The van der Waals surface area contributed by atoms with Crippen LogP contribution in [0, 0.1) is 11.8 Å². The molecule has 1 saturated heterocycles. The van der Waals surface area contributed by atoms with Gasteiger partial charge in [-0.15, -0.1) is 0 Å². The molecular weight excluding hydrogens is 380 g/mol. The quantitative estimate of drug-likeness (QED) is 0.749. The highest BCUT2D eigenvalue weighted by molar-refractivity contribution is 7.09. The fourth-order valence-corrected chi connectivity index (χ4v) is 4.12. The molecule has 3 rings (SSSR count). The number of hydrogen-bond acceptors (Lipinski definition) is 5. The highest BCUT2D eigenvalue weighted by Gasteiger charge is 2.22. The first-order chi connectivity index (χ1) is 13.0. The summed E-state index contributed by atoms with van der Waals surface area (Å²) in [5, 5.41) is 4.83. The largest absolute Gasteiger partial charge is 0.356 e. The molecule has 0 radical (unpaired) electrons. The van der Waals surface area contributed by atoms with Gasteiger partial charge in [-0.05, 0) is 42.4 Å². The zero-order chi connectivity index (χ0) is 19.2. The van der Waals surface area contributed by atoms with Gasteiger partial charge in [-0.25, -0.2) is 4.98 Å². The standard InChI is InChI=1S/C20H27ClN4OS/c1-14(2)11-19(26)22-13-16-7-9-25(10-8-16)20-23-18(24-27-20)12-15-3-5-17(21)6-4-15/h3-6,14,16H,7-13H2,1-2H3,(H,22,26). The molecule has 0 saturated carbocycles. The Kier molecular flexibility index (Phi) is 7.07. The Morgan fingerprint density at radius 3 is 2.67 bits per heavy atom. The molecule has 1 aromatic heterocycles. The molecule has 1 amide bonds. The predicted molar refractivity (Wildman–Crippen MR) is 112 cm³/mol. The van der Waals surface area contributed by atoms with Crippen LogP contribution in [0.1, 0.15) is 44.5 Å². The summed E-state index contributed by atoms with van der Waals surface area (Å²) in [6, 6.07) is 7.83. The Labute approximate surface area is 170 Å². The van der Waals surface area contributed by atoms with Crippen LogP contribution < -0.4 is 10.2 Å². The van der Waals surface area contributed by atoms with Crippen molar-refractivity contribution in [2.45, 2.75) is 39.5 Å². The fraction of sp³-hybridized carbons (Fsp3) is 0.550. The van der Waals surface area contributed by atoms with Crippen LogP contribution in [0.5, 0.6) is 0 Å². The van der Waals surface area contributed by atoms with Crippen LogP contribution in [0.15, 0.2) is 24.3 Å². The van der Waals surface area contributed by atoms with Crippen molar-refractivity contribution in [1.29, 1.82) is 0 Å². The average molecular weight is 407 g/mol. The summed E-state index contributed by atoms with van der Waals surface area (Å²) in [6.45, 7) is 6.88. The topological polar surface area (TPSA) is 58.1 Å². The Hall–Kier alpha value is -1.66. The molecule has 1 aromatic carbocycles. The molecule has 0 unspecified atom stereocenters. The first-order valence-electron chi connectivity index (χ1n) is 9.58. The number of piperidine rings is 1. The van der Waals surface area contributed by atoms with Crippen molar-refractivity contribution in [2.75, 3.05) is 24.5 Å². The van der Waals surface area contributed by atoms with Gasteiger partial charge in [0, 0.05) is 49.0 Å². The van der Waals surface area contributed by atoms with Crippen LogP contribution in [0.4, 0.5) is 5.13 Å². The number of carbonyl (C=O) groups is 1. The Morgan fingerprint density at radius 1 is 1.30 bits per heavy atom. The van der Waals surface area contributed by atoms with E-state index in [4.69, 9.17) is 16.6 Å². The van der Waals surface area contributed by atoms with Gasteiger partial charge >= 0.3 is 0 Å². The second-order valence-corrected chi connectivity index (χ2v) is 8.80. The molecule has 1 aliphatic heterocycles. The van der Waals surface area contributed by atoms with Gasteiger partial charge in [0.25, 0.3) is 0 Å². The lowest BCUT2D eigenvalue weighted by atomic mass is 9.97. The molecule has 2 heterocycles. The Morgan fingerprint density at radius 2 is 2.00 bits per heavy atom. The molecule has 0 bridgehead atoms. The molecule has 1 N–H and O–H groups in total. The third kappa shape index (κ3) is 6.18. The molecule has 2 aromatic rings. The molecule has 146 valence electrons. The normalized spacial score (nSPS) is 15.3. The van der Waals surface area contributed by atoms with Crippen molar-refractivity contribution in [3.8, 4) is 0 Å². The van der Waals surface area contributed by atoms with Gasteiger partial charge in [0.1, 0.15) is 5.82 Å². The number of halogens is 1. The molecule has 0 atom stereocenters. The van der Waals surface area contributed by atoms with E-state index in [-0.39, 0.29) is 5.91 Å². The van der Waals surface area contributed by atoms with E-state index in [1.165, 1.54) is 17.1 Å². The number of nitrogens with zero attached hydrogens (tertiary/aromatic N) is 3. The zero-order valence-corrected chi connectivity index (χ0v) is 17.5. The lowest BCUT2D eigenvalue weighted by molar-refractivity contribution is -0.122. The van der Waals surface area contributed by atoms with Crippen molar-refractivity contribution in [3.63, 3.8) is 0 Å². The van der Waals surface area contributed by atoms with Crippen LogP contribution in [0.2, 0.25) is 5.02 Å². The van der Waals surface area contributed by atoms with E-state index < -0.39 is 0 Å². The minimum absolute atomic E-state index is 0.170. The van der Waals surface area contributed by atoms with Gasteiger partial charge < -0.3 is 10.2 Å². The highest BCUT2D eigenvalue weighted by atomic mass is 35.5. The summed E-state index contributed by atoms with van der Waals surface area (Å²) < 4.78 is 4.51. The molecule has 27 heavy (non-hydrogen) atoms. The summed E-state index contributed by atoms with van der Waals surface area (Å²) in [5.41, 5.74) is 1.17. The number of anilines is 1. The zero-order valence-electron chi connectivity index (χ0n) is 15.9. The third-order valence-corrected chi connectivity index (χ3v) is 5.87. The van der Waals surface area contributed by atoms with Gasteiger partial charge in [0.15, 0.2) is 0 Å². The summed E-state index contributed by atoms with van der Waals surface area (Å²) in [6.07, 6.45) is 3.49. The van der Waals surface area contributed by atoms with E-state index in [1.807, 2.05) is 24.3 Å². The van der Waals surface area contributed by atoms with E-state index in [9.17, 15) is 4.79 Å². The molecule has 7 heteroatoms. The first kappa shape index (κ1) is 20.1. The maximum Gasteiger partial charge on any atom is 0.220 e. The number of rotatable bonds is 7. The number of benzene rings is 1. The van der Waals surface area contributed by atoms with Crippen molar-refractivity contribution < 1.29 is 4.79 Å². The van der Waals surface area contributed by atoms with Crippen molar-refractivity contribution in [3.05, 3.63) is 40.7 Å². The SMILES string of the molecule is CC(C)CC(=O)NCC1CCN(c2nc(Cc3ccc(Cl)cc3)ns2)CC1. The summed E-state index contributed by atoms with van der Waals surface area (Å²) in [7, 11) is 0. The number of aromatic nitrogens is 2. The van der Waals surface area contributed by atoms with Crippen LogP contribution >= 0.6 is 23.1 Å². The molecule has 1 fully saturated rings. The number of hydrogen-bond donors (Lipinski definition) is 1. The van der Waals surface area contributed by atoms with E-state index in [0.717, 1.165) is 54.9 Å². The van der Waals surface area contributed by atoms with Gasteiger partial charge in [0.05, 0.1) is 0 Å². The van der Waals surface area contributed by atoms with Crippen LogP contribution in [0.3, 0.4) is 0 Å². The summed E-state index contributed by atoms with van der Waals surface area (Å²) in [5.74, 6) is 1.99. The molecular formula is C20H27ClN4OS. The van der Waals surface area contributed by atoms with Gasteiger partial charge in [0.2, 0.25) is 11.0 Å². The number of carbonyl (C=O) groups excluding carboxylic acids is 1. The number of nitrogens with one attached hydrogen (secondary N) is 1. The molecule has 1 aliphatic rings. The van der Waals surface area contributed by atoms with E-state index >= 15 is 0 Å². The maximum absolute atomic E-state index is 11.8.